The van der Waals surface area contributed by atoms with E-state index in [4.69, 9.17) is 0 Å². The fourth-order valence-electron chi connectivity index (χ4n) is 2.01. The van der Waals surface area contributed by atoms with Crippen molar-refractivity contribution in [1.29, 1.82) is 0 Å². The molecule has 0 radical (unpaired) electrons. The Hall–Kier alpha value is -2.53. The summed E-state index contributed by atoms with van der Waals surface area (Å²) < 4.78 is 12.9. The average molecular weight is 312 g/mol. The van der Waals surface area contributed by atoms with Crippen molar-refractivity contribution in [2.45, 2.75) is 6.42 Å². The number of anilines is 1. The topological polar surface area (TPSA) is 42.0 Å². The number of halogens is 1. The third-order valence-corrected chi connectivity index (χ3v) is 4.01. The van der Waals surface area contributed by atoms with Crippen LogP contribution in [-0.4, -0.2) is 10.9 Å². The summed E-state index contributed by atoms with van der Waals surface area (Å²) in [7, 11) is 0. The van der Waals surface area contributed by atoms with E-state index in [2.05, 4.69) is 10.3 Å². The molecule has 1 aromatic heterocycles. The molecule has 0 fully saturated rings. The SMILES string of the molecule is O=C(Nc1ncc(Cc2ccc(F)cc2)s1)c1ccccc1. The molecule has 1 heterocycles. The van der Waals surface area contributed by atoms with Crippen LogP contribution in [0.1, 0.15) is 20.8 Å². The molecule has 1 amide bonds. The lowest BCUT2D eigenvalue weighted by Gasteiger charge is -2.00. The summed E-state index contributed by atoms with van der Waals surface area (Å²) in [5.74, 6) is -0.424. The van der Waals surface area contributed by atoms with E-state index >= 15 is 0 Å². The van der Waals surface area contributed by atoms with Crippen molar-refractivity contribution in [1.82, 2.24) is 4.98 Å². The number of hydrogen-bond acceptors (Lipinski definition) is 3. The third kappa shape index (κ3) is 3.56. The molecule has 3 nitrogen and oxygen atoms in total. The van der Waals surface area contributed by atoms with Crippen molar-refractivity contribution in [3.63, 3.8) is 0 Å². The van der Waals surface area contributed by atoms with Crippen LogP contribution in [0.5, 0.6) is 0 Å². The molecule has 0 saturated heterocycles. The van der Waals surface area contributed by atoms with E-state index < -0.39 is 0 Å². The van der Waals surface area contributed by atoms with Gasteiger partial charge in [0.15, 0.2) is 5.13 Å². The van der Waals surface area contributed by atoms with Gasteiger partial charge in [0.2, 0.25) is 0 Å². The Morgan fingerprint density at radius 1 is 1.09 bits per heavy atom. The normalized spacial score (nSPS) is 10.4. The predicted molar refractivity (Wildman–Crippen MR) is 85.7 cm³/mol. The molecule has 0 spiro atoms. The lowest BCUT2D eigenvalue weighted by atomic mass is 10.1. The third-order valence-electron chi connectivity index (χ3n) is 3.10. The summed E-state index contributed by atoms with van der Waals surface area (Å²) in [4.78, 5) is 17.3. The van der Waals surface area contributed by atoms with Crippen LogP contribution < -0.4 is 5.32 Å². The van der Waals surface area contributed by atoms with Gasteiger partial charge in [0.05, 0.1) is 0 Å². The summed E-state index contributed by atoms with van der Waals surface area (Å²) in [5.41, 5.74) is 1.60. The van der Waals surface area contributed by atoms with Gasteiger partial charge in [0.1, 0.15) is 5.82 Å². The van der Waals surface area contributed by atoms with Gasteiger partial charge in [-0.1, -0.05) is 30.3 Å². The second kappa shape index (κ2) is 6.49. The molecule has 0 atom stereocenters. The number of nitrogens with zero attached hydrogens (tertiary/aromatic N) is 1. The van der Waals surface area contributed by atoms with Gasteiger partial charge in [0, 0.05) is 23.1 Å². The number of hydrogen-bond donors (Lipinski definition) is 1. The van der Waals surface area contributed by atoms with E-state index in [1.165, 1.54) is 23.5 Å². The molecule has 0 aliphatic heterocycles. The highest BCUT2D eigenvalue weighted by molar-refractivity contribution is 7.15. The van der Waals surface area contributed by atoms with Crippen LogP contribution in [0, 0.1) is 5.82 Å². The number of aromatic nitrogens is 1. The second-order valence-electron chi connectivity index (χ2n) is 4.76. The Balaban J connectivity index is 1.66. The number of carbonyl (C=O) groups excluding carboxylic acids is 1. The first-order valence-electron chi connectivity index (χ1n) is 6.76. The number of nitrogens with one attached hydrogen (secondary N) is 1. The highest BCUT2D eigenvalue weighted by atomic mass is 32.1. The number of benzene rings is 2. The zero-order chi connectivity index (χ0) is 15.4. The van der Waals surface area contributed by atoms with Crippen molar-refractivity contribution in [3.05, 3.63) is 82.6 Å². The quantitative estimate of drug-likeness (QED) is 0.787. The Morgan fingerprint density at radius 2 is 1.82 bits per heavy atom. The highest BCUT2D eigenvalue weighted by Gasteiger charge is 2.09. The van der Waals surface area contributed by atoms with E-state index in [9.17, 15) is 9.18 Å². The van der Waals surface area contributed by atoms with Crippen molar-refractivity contribution >= 4 is 22.4 Å². The maximum Gasteiger partial charge on any atom is 0.257 e. The van der Waals surface area contributed by atoms with E-state index in [0.717, 1.165) is 10.4 Å². The van der Waals surface area contributed by atoms with E-state index in [-0.39, 0.29) is 11.7 Å². The lowest BCUT2D eigenvalue weighted by molar-refractivity contribution is 0.102. The molecule has 0 saturated carbocycles. The zero-order valence-corrected chi connectivity index (χ0v) is 12.4. The minimum atomic E-state index is -0.246. The van der Waals surface area contributed by atoms with Gasteiger partial charge < -0.3 is 0 Å². The smallest absolute Gasteiger partial charge is 0.257 e. The van der Waals surface area contributed by atoms with Gasteiger partial charge in [-0.25, -0.2) is 9.37 Å². The lowest BCUT2D eigenvalue weighted by Crippen LogP contribution is -2.11. The monoisotopic (exact) mass is 312 g/mol. The molecule has 3 aromatic rings. The molecule has 5 heteroatoms. The van der Waals surface area contributed by atoms with Gasteiger partial charge in [-0.05, 0) is 29.8 Å². The number of amides is 1. The van der Waals surface area contributed by atoms with Crippen molar-refractivity contribution in [2.75, 3.05) is 5.32 Å². The first kappa shape index (κ1) is 14.4. The summed E-state index contributed by atoms with van der Waals surface area (Å²) in [6, 6.07) is 15.4. The average Bonchev–Trinajstić information content (AvgIpc) is 2.97. The van der Waals surface area contributed by atoms with Gasteiger partial charge >= 0.3 is 0 Å². The van der Waals surface area contributed by atoms with Gasteiger partial charge in [-0.2, -0.15) is 0 Å². The van der Waals surface area contributed by atoms with Gasteiger partial charge in [-0.15, -0.1) is 11.3 Å². The largest absolute Gasteiger partial charge is 0.298 e. The molecule has 1 N–H and O–H groups in total. The molecule has 0 bridgehead atoms. The van der Waals surface area contributed by atoms with Crippen molar-refractivity contribution in [3.8, 4) is 0 Å². The van der Waals surface area contributed by atoms with Crippen LogP contribution in [0.3, 0.4) is 0 Å². The maximum absolute atomic E-state index is 12.9. The Labute approximate surface area is 131 Å². The standard InChI is InChI=1S/C17H13FN2OS/c18-14-8-6-12(7-9-14)10-15-11-19-17(22-15)20-16(21)13-4-2-1-3-5-13/h1-9,11H,10H2,(H,19,20,21). The first-order valence-corrected chi connectivity index (χ1v) is 7.58. The second-order valence-corrected chi connectivity index (χ2v) is 5.87. The summed E-state index contributed by atoms with van der Waals surface area (Å²) in [6.07, 6.45) is 2.40. The summed E-state index contributed by atoms with van der Waals surface area (Å²) in [6.45, 7) is 0. The molecule has 3 rings (SSSR count). The molecular formula is C17H13FN2OS. The van der Waals surface area contributed by atoms with E-state index in [1.807, 2.05) is 18.2 Å². The van der Waals surface area contributed by atoms with Crippen LogP contribution in [-0.2, 0) is 6.42 Å². The maximum atomic E-state index is 12.9. The number of rotatable bonds is 4. The predicted octanol–water partition coefficient (Wildman–Crippen LogP) is 4.13. The van der Waals surface area contributed by atoms with Crippen LogP contribution >= 0.6 is 11.3 Å². The summed E-state index contributed by atoms with van der Waals surface area (Å²) >= 11 is 1.42. The number of thiazole rings is 1. The summed E-state index contributed by atoms with van der Waals surface area (Å²) in [5, 5.41) is 3.34. The molecule has 22 heavy (non-hydrogen) atoms. The Morgan fingerprint density at radius 3 is 2.55 bits per heavy atom. The van der Waals surface area contributed by atoms with Crippen LogP contribution in [0.25, 0.3) is 0 Å². The minimum Gasteiger partial charge on any atom is -0.298 e. The Kier molecular flexibility index (Phi) is 4.25. The van der Waals surface area contributed by atoms with Crippen LogP contribution in [0.2, 0.25) is 0 Å². The molecule has 0 aliphatic carbocycles. The van der Waals surface area contributed by atoms with Crippen LogP contribution in [0.15, 0.2) is 60.8 Å². The van der Waals surface area contributed by atoms with E-state index in [1.54, 1.807) is 30.5 Å². The molecular weight excluding hydrogens is 299 g/mol. The molecule has 110 valence electrons. The highest BCUT2D eigenvalue weighted by Crippen LogP contribution is 2.21. The van der Waals surface area contributed by atoms with Crippen LogP contribution in [0.4, 0.5) is 9.52 Å². The zero-order valence-electron chi connectivity index (χ0n) is 11.6. The number of carbonyl (C=O) groups is 1. The van der Waals surface area contributed by atoms with Crippen molar-refractivity contribution < 1.29 is 9.18 Å². The molecule has 0 unspecified atom stereocenters. The molecule has 0 aliphatic rings. The fraction of sp³-hybridized carbons (Fsp3) is 0.0588. The Bertz CT molecular complexity index is 769. The molecule has 2 aromatic carbocycles. The first-order chi connectivity index (χ1) is 10.7. The fourth-order valence-corrected chi connectivity index (χ4v) is 2.85. The van der Waals surface area contributed by atoms with Crippen molar-refractivity contribution in [2.24, 2.45) is 0 Å². The minimum absolute atomic E-state index is 0.178. The van der Waals surface area contributed by atoms with Gasteiger partial charge in [0.25, 0.3) is 5.91 Å². The van der Waals surface area contributed by atoms with E-state index in [0.29, 0.717) is 17.1 Å². The van der Waals surface area contributed by atoms with Gasteiger partial charge in [-0.3, -0.25) is 10.1 Å².